The highest BCUT2D eigenvalue weighted by molar-refractivity contribution is 6.31. The number of nitro groups is 1. The van der Waals surface area contributed by atoms with E-state index in [1.165, 1.54) is 18.2 Å². The van der Waals surface area contributed by atoms with Crippen molar-refractivity contribution in [2.24, 2.45) is 0 Å². The number of amides is 1. The van der Waals surface area contributed by atoms with Gasteiger partial charge in [-0.2, -0.15) is 5.26 Å². The van der Waals surface area contributed by atoms with E-state index in [9.17, 15) is 20.2 Å². The molecular formula is C30H22ClN3O5. The molecule has 4 aromatic rings. The van der Waals surface area contributed by atoms with Crippen LogP contribution in [0.3, 0.4) is 0 Å². The Morgan fingerprint density at radius 2 is 1.51 bits per heavy atom. The predicted molar refractivity (Wildman–Crippen MR) is 148 cm³/mol. The lowest BCUT2D eigenvalue weighted by Gasteiger charge is -2.09. The molecule has 0 aromatic heterocycles. The standard InChI is InChI=1S/C30H22ClN3O5/c31-29-4-2-1-3-23(29)20-39-28-15-9-25(10-16-28)33-30(35)24(18-32)17-21-7-13-27(14-8-21)38-19-22-5-11-26(12-6-22)34(36)37/h1-17H,19-20H2,(H,33,35)/b24-17+. The summed E-state index contributed by atoms with van der Waals surface area (Å²) in [4.78, 5) is 23.0. The lowest BCUT2D eigenvalue weighted by Crippen LogP contribution is -2.13. The van der Waals surface area contributed by atoms with Crippen LogP contribution in [-0.2, 0) is 18.0 Å². The van der Waals surface area contributed by atoms with Crippen molar-refractivity contribution >= 4 is 35.0 Å². The number of nitrogens with zero attached hydrogens (tertiary/aromatic N) is 2. The summed E-state index contributed by atoms with van der Waals surface area (Å²) in [6, 6.07) is 29.1. The van der Waals surface area contributed by atoms with E-state index >= 15 is 0 Å². The van der Waals surface area contributed by atoms with Crippen LogP contribution >= 0.6 is 11.6 Å². The van der Waals surface area contributed by atoms with Gasteiger partial charge in [0.05, 0.1) is 4.92 Å². The second-order valence-corrected chi connectivity index (χ2v) is 8.72. The molecule has 0 saturated heterocycles. The highest BCUT2D eigenvalue weighted by atomic mass is 35.5. The van der Waals surface area contributed by atoms with E-state index in [1.54, 1.807) is 66.7 Å². The summed E-state index contributed by atoms with van der Waals surface area (Å²) in [6.07, 6.45) is 1.48. The summed E-state index contributed by atoms with van der Waals surface area (Å²) >= 11 is 6.15. The molecule has 0 bridgehead atoms. The van der Waals surface area contributed by atoms with Crippen LogP contribution in [0.4, 0.5) is 11.4 Å². The van der Waals surface area contributed by atoms with Crippen LogP contribution in [0, 0.1) is 21.4 Å². The molecule has 9 heteroatoms. The third kappa shape index (κ3) is 7.68. The number of nitrogens with one attached hydrogen (secondary N) is 1. The van der Waals surface area contributed by atoms with Gasteiger partial charge < -0.3 is 14.8 Å². The van der Waals surface area contributed by atoms with E-state index in [2.05, 4.69) is 5.32 Å². The first-order valence-electron chi connectivity index (χ1n) is 11.8. The quantitative estimate of drug-likeness (QED) is 0.101. The Labute approximate surface area is 229 Å². The first kappa shape index (κ1) is 26.9. The number of anilines is 1. The monoisotopic (exact) mass is 539 g/mol. The molecule has 0 aliphatic carbocycles. The van der Waals surface area contributed by atoms with Crippen molar-refractivity contribution in [1.82, 2.24) is 0 Å². The molecule has 0 aliphatic heterocycles. The van der Waals surface area contributed by atoms with Crippen molar-refractivity contribution in [3.05, 3.63) is 134 Å². The van der Waals surface area contributed by atoms with Crippen LogP contribution in [0.1, 0.15) is 16.7 Å². The van der Waals surface area contributed by atoms with E-state index in [-0.39, 0.29) is 17.9 Å². The first-order chi connectivity index (χ1) is 18.9. The Morgan fingerprint density at radius 3 is 2.13 bits per heavy atom. The van der Waals surface area contributed by atoms with Gasteiger partial charge >= 0.3 is 0 Å². The number of nitriles is 1. The summed E-state index contributed by atoms with van der Waals surface area (Å²) < 4.78 is 11.5. The molecule has 0 radical (unpaired) electrons. The fraction of sp³-hybridized carbons (Fsp3) is 0.0667. The third-order valence-electron chi connectivity index (χ3n) is 5.57. The average Bonchev–Trinajstić information content (AvgIpc) is 2.96. The number of carbonyl (C=O) groups is 1. The normalized spacial score (nSPS) is 10.8. The number of benzene rings is 4. The van der Waals surface area contributed by atoms with Crippen molar-refractivity contribution in [1.29, 1.82) is 5.26 Å². The molecule has 0 fully saturated rings. The van der Waals surface area contributed by atoms with E-state index in [0.717, 1.165) is 11.1 Å². The molecular weight excluding hydrogens is 518 g/mol. The third-order valence-corrected chi connectivity index (χ3v) is 5.94. The number of ether oxygens (including phenoxy) is 2. The molecule has 1 N–H and O–H groups in total. The van der Waals surface area contributed by atoms with Gasteiger partial charge in [-0.25, -0.2) is 0 Å². The number of carbonyl (C=O) groups excluding carboxylic acids is 1. The van der Waals surface area contributed by atoms with Crippen LogP contribution in [0.15, 0.2) is 103 Å². The molecule has 4 rings (SSSR count). The maximum absolute atomic E-state index is 12.7. The molecule has 0 saturated carbocycles. The predicted octanol–water partition coefficient (Wildman–Crippen LogP) is 6.95. The first-order valence-corrected chi connectivity index (χ1v) is 12.1. The number of non-ortho nitro benzene ring substituents is 1. The summed E-state index contributed by atoms with van der Waals surface area (Å²) in [5.41, 5.74) is 2.77. The topological polar surface area (TPSA) is 114 Å². The average molecular weight is 540 g/mol. The van der Waals surface area contributed by atoms with Crippen LogP contribution in [0.2, 0.25) is 5.02 Å². The lowest BCUT2D eigenvalue weighted by atomic mass is 10.1. The maximum Gasteiger partial charge on any atom is 0.269 e. The van der Waals surface area contributed by atoms with E-state index in [0.29, 0.717) is 34.4 Å². The Bertz CT molecular complexity index is 1530. The fourth-order valence-electron chi connectivity index (χ4n) is 3.47. The van der Waals surface area contributed by atoms with Crippen LogP contribution in [0.25, 0.3) is 6.08 Å². The van der Waals surface area contributed by atoms with Crippen LogP contribution in [0.5, 0.6) is 11.5 Å². The van der Waals surface area contributed by atoms with Gasteiger partial charge in [-0.3, -0.25) is 14.9 Å². The van der Waals surface area contributed by atoms with Gasteiger partial charge in [0, 0.05) is 28.4 Å². The smallest absolute Gasteiger partial charge is 0.269 e. The molecule has 0 unspecified atom stereocenters. The van der Waals surface area contributed by atoms with Crippen molar-refractivity contribution in [2.75, 3.05) is 5.32 Å². The number of halogens is 1. The van der Waals surface area contributed by atoms with Crippen molar-refractivity contribution in [3.63, 3.8) is 0 Å². The Kier molecular flexibility index (Phi) is 8.91. The van der Waals surface area contributed by atoms with Gasteiger partial charge in [-0.05, 0) is 71.8 Å². The largest absolute Gasteiger partial charge is 0.489 e. The Balaban J connectivity index is 1.31. The number of hydrogen-bond acceptors (Lipinski definition) is 6. The second-order valence-electron chi connectivity index (χ2n) is 8.31. The molecule has 0 heterocycles. The highest BCUT2D eigenvalue weighted by Crippen LogP contribution is 2.22. The summed E-state index contributed by atoms with van der Waals surface area (Å²) in [6.45, 7) is 0.552. The van der Waals surface area contributed by atoms with Gasteiger partial charge in [0.25, 0.3) is 11.6 Å². The number of rotatable bonds is 10. The molecule has 0 spiro atoms. The van der Waals surface area contributed by atoms with Gasteiger partial charge in [0.2, 0.25) is 0 Å². The summed E-state index contributed by atoms with van der Waals surface area (Å²) in [7, 11) is 0. The molecule has 39 heavy (non-hydrogen) atoms. The van der Waals surface area contributed by atoms with Crippen molar-refractivity contribution in [2.45, 2.75) is 13.2 Å². The SMILES string of the molecule is N#C/C(=C\c1ccc(OCc2ccc([N+](=O)[O-])cc2)cc1)C(=O)Nc1ccc(OCc2ccccc2Cl)cc1. The van der Waals surface area contributed by atoms with Crippen LogP contribution in [-0.4, -0.2) is 10.8 Å². The van der Waals surface area contributed by atoms with Gasteiger partial charge in [-0.1, -0.05) is 41.9 Å². The zero-order chi connectivity index (χ0) is 27.6. The second kappa shape index (κ2) is 12.9. The zero-order valence-electron chi connectivity index (χ0n) is 20.5. The summed E-state index contributed by atoms with van der Waals surface area (Å²) in [5.74, 6) is 0.644. The summed E-state index contributed by atoms with van der Waals surface area (Å²) in [5, 5.41) is 23.6. The number of hydrogen-bond donors (Lipinski definition) is 1. The molecule has 194 valence electrons. The minimum absolute atomic E-state index is 0.0165. The Morgan fingerprint density at radius 1 is 0.897 bits per heavy atom. The lowest BCUT2D eigenvalue weighted by molar-refractivity contribution is -0.384. The van der Waals surface area contributed by atoms with Crippen molar-refractivity contribution in [3.8, 4) is 17.6 Å². The fourth-order valence-corrected chi connectivity index (χ4v) is 3.66. The zero-order valence-corrected chi connectivity index (χ0v) is 21.3. The van der Waals surface area contributed by atoms with E-state index < -0.39 is 10.8 Å². The molecule has 8 nitrogen and oxygen atoms in total. The Hall–Kier alpha value is -5.13. The molecule has 0 aliphatic rings. The van der Waals surface area contributed by atoms with Gasteiger partial charge in [0.15, 0.2) is 0 Å². The van der Waals surface area contributed by atoms with Gasteiger partial charge in [-0.15, -0.1) is 0 Å². The molecule has 1 amide bonds. The maximum atomic E-state index is 12.7. The minimum Gasteiger partial charge on any atom is -0.489 e. The van der Waals surface area contributed by atoms with Crippen molar-refractivity contribution < 1.29 is 19.2 Å². The number of nitro benzene ring substituents is 1. The highest BCUT2D eigenvalue weighted by Gasteiger charge is 2.10. The van der Waals surface area contributed by atoms with Gasteiger partial charge in [0.1, 0.15) is 36.4 Å². The molecule has 0 atom stereocenters. The minimum atomic E-state index is -0.541. The molecule has 4 aromatic carbocycles. The van der Waals surface area contributed by atoms with Crippen LogP contribution < -0.4 is 14.8 Å². The van der Waals surface area contributed by atoms with E-state index in [4.69, 9.17) is 21.1 Å². The van der Waals surface area contributed by atoms with E-state index in [1.807, 2.05) is 24.3 Å².